The van der Waals surface area contributed by atoms with Gasteiger partial charge in [-0.3, -0.25) is 4.79 Å². The van der Waals surface area contributed by atoms with E-state index in [1.807, 2.05) is 62.4 Å². The third-order valence-corrected chi connectivity index (χ3v) is 5.10. The number of hydrogen-bond acceptors (Lipinski definition) is 6. The number of aromatic nitrogens is 1. The summed E-state index contributed by atoms with van der Waals surface area (Å²) in [6, 6.07) is 15.3. The SMILES string of the molecule is CCCOc1c(/C=N\NC(=O)c2nc(-c3ccccc3)sc2C)cccc1OC. The predicted octanol–water partition coefficient (Wildman–Crippen LogP) is 4.68. The van der Waals surface area contributed by atoms with E-state index >= 15 is 0 Å². The van der Waals surface area contributed by atoms with E-state index in [9.17, 15) is 4.79 Å². The minimum Gasteiger partial charge on any atom is -0.493 e. The molecule has 2 aromatic carbocycles. The number of hydrazone groups is 1. The van der Waals surface area contributed by atoms with E-state index in [1.165, 1.54) is 11.3 Å². The average molecular weight is 410 g/mol. The first kappa shape index (κ1) is 20.5. The molecule has 0 aliphatic rings. The number of aryl methyl sites for hydroxylation is 1. The first-order valence-corrected chi connectivity index (χ1v) is 10.1. The molecule has 0 aliphatic heterocycles. The minimum absolute atomic E-state index is 0.351. The van der Waals surface area contributed by atoms with Gasteiger partial charge in [0.15, 0.2) is 11.5 Å². The Morgan fingerprint density at radius 2 is 2.00 bits per heavy atom. The summed E-state index contributed by atoms with van der Waals surface area (Å²) < 4.78 is 11.1. The summed E-state index contributed by atoms with van der Waals surface area (Å²) in [5.74, 6) is 0.874. The Morgan fingerprint density at radius 3 is 2.72 bits per heavy atom. The van der Waals surface area contributed by atoms with Gasteiger partial charge in [0.05, 0.1) is 19.9 Å². The van der Waals surface area contributed by atoms with E-state index in [2.05, 4.69) is 15.5 Å². The molecule has 0 saturated heterocycles. The zero-order chi connectivity index (χ0) is 20.6. The van der Waals surface area contributed by atoms with Gasteiger partial charge in [-0.1, -0.05) is 43.3 Å². The highest BCUT2D eigenvalue weighted by Crippen LogP contribution is 2.30. The van der Waals surface area contributed by atoms with Crippen molar-refractivity contribution < 1.29 is 14.3 Å². The Bertz CT molecular complexity index is 1000. The second kappa shape index (κ2) is 9.84. The molecule has 3 rings (SSSR count). The number of nitrogens with zero attached hydrogens (tertiary/aromatic N) is 2. The maximum absolute atomic E-state index is 12.5. The van der Waals surface area contributed by atoms with Crippen LogP contribution in [0.2, 0.25) is 0 Å². The molecule has 0 atom stereocenters. The van der Waals surface area contributed by atoms with Gasteiger partial charge in [0.25, 0.3) is 5.91 Å². The van der Waals surface area contributed by atoms with E-state index in [0.717, 1.165) is 27.4 Å². The third-order valence-electron chi connectivity index (χ3n) is 4.08. The molecule has 29 heavy (non-hydrogen) atoms. The lowest BCUT2D eigenvalue weighted by molar-refractivity contribution is 0.0950. The Kier molecular flexibility index (Phi) is 6.97. The zero-order valence-corrected chi connectivity index (χ0v) is 17.5. The molecule has 1 amide bonds. The summed E-state index contributed by atoms with van der Waals surface area (Å²) in [7, 11) is 1.59. The van der Waals surface area contributed by atoms with E-state index in [4.69, 9.17) is 9.47 Å². The fourth-order valence-corrected chi connectivity index (χ4v) is 3.59. The molecule has 0 unspecified atom stereocenters. The number of benzene rings is 2. The summed E-state index contributed by atoms with van der Waals surface area (Å²) in [5, 5.41) is 4.90. The fraction of sp³-hybridized carbons (Fsp3) is 0.227. The van der Waals surface area contributed by atoms with Gasteiger partial charge in [-0.2, -0.15) is 5.10 Å². The van der Waals surface area contributed by atoms with E-state index < -0.39 is 0 Å². The molecule has 150 valence electrons. The van der Waals surface area contributed by atoms with Crippen LogP contribution in [0.3, 0.4) is 0 Å². The number of para-hydroxylation sites is 1. The normalized spacial score (nSPS) is 10.9. The van der Waals surface area contributed by atoms with Crippen molar-refractivity contribution in [3.05, 3.63) is 64.7 Å². The Labute approximate surface area is 174 Å². The van der Waals surface area contributed by atoms with Crippen molar-refractivity contribution in [2.45, 2.75) is 20.3 Å². The fourth-order valence-electron chi connectivity index (χ4n) is 2.68. The summed E-state index contributed by atoms with van der Waals surface area (Å²) in [5.41, 5.74) is 4.63. The van der Waals surface area contributed by atoms with Crippen LogP contribution in [0, 0.1) is 6.92 Å². The Morgan fingerprint density at radius 1 is 1.21 bits per heavy atom. The van der Waals surface area contributed by atoms with Gasteiger partial charge in [0.1, 0.15) is 10.7 Å². The van der Waals surface area contributed by atoms with Crippen LogP contribution in [0.1, 0.15) is 34.3 Å². The van der Waals surface area contributed by atoms with Crippen molar-refractivity contribution in [3.8, 4) is 22.1 Å². The van der Waals surface area contributed by atoms with Crippen molar-refractivity contribution in [1.82, 2.24) is 10.4 Å². The van der Waals surface area contributed by atoms with Crippen LogP contribution in [0.5, 0.6) is 11.5 Å². The standard InChI is InChI=1S/C22H23N3O3S/c1-4-13-28-20-17(11-8-12-18(20)27-3)14-23-25-21(26)19-15(2)29-22(24-19)16-9-6-5-7-10-16/h5-12,14H,4,13H2,1-3H3,(H,25,26)/b23-14-. The highest BCUT2D eigenvalue weighted by molar-refractivity contribution is 7.15. The number of ether oxygens (including phenoxy) is 2. The number of carbonyl (C=O) groups is 1. The minimum atomic E-state index is -0.351. The van der Waals surface area contributed by atoms with Crippen molar-refractivity contribution in [2.24, 2.45) is 5.10 Å². The average Bonchev–Trinajstić information content (AvgIpc) is 3.15. The number of amides is 1. The van der Waals surface area contributed by atoms with Crippen LogP contribution >= 0.6 is 11.3 Å². The van der Waals surface area contributed by atoms with Crippen LogP contribution in [0.15, 0.2) is 53.6 Å². The molecule has 0 bridgehead atoms. The highest BCUT2D eigenvalue weighted by atomic mass is 32.1. The number of nitrogens with one attached hydrogen (secondary N) is 1. The topological polar surface area (TPSA) is 72.8 Å². The molecule has 1 heterocycles. The van der Waals surface area contributed by atoms with Gasteiger partial charge in [0.2, 0.25) is 0 Å². The Hall–Kier alpha value is -3.19. The molecule has 0 spiro atoms. The second-order valence-electron chi connectivity index (χ2n) is 6.22. The predicted molar refractivity (Wildman–Crippen MR) is 116 cm³/mol. The molecule has 6 nitrogen and oxygen atoms in total. The van der Waals surface area contributed by atoms with E-state index in [1.54, 1.807) is 13.3 Å². The van der Waals surface area contributed by atoms with Gasteiger partial charge in [-0.25, -0.2) is 10.4 Å². The van der Waals surface area contributed by atoms with Crippen LogP contribution in [0.4, 0.5) is 0 Å². The van der Waals surface area contributed by atoms with Gasteiger partial charge < -0.3 is 9.47 Å². The van der Waals surface area contributed by atoms with Gasteiger partial charge >= 0.3 is 0 Å². The molecule has 0 radical (unpaired) electrons. The molecular formula is C22H23N3O3S. The Balaban J connectivity index is 1.74. The molecular weight excluding hydrogens is 386 g/mol. The molecule has 1 N–H and O–H groups in total. The quantitative estimate of drug-likeness (QED) is 0.433. The van der Waals surface area contributed by atoms with Gasteiger partial charge in [0, 0.05) is 16.0 Å². The van der Waals surface area contributed by atoms with Crippen LogP contribution in [0.25, 0.3) is 10.6 Å². The smallest absolute Gasteiger partial charge is 0.291 e. The highest BCUT2D eigenvalue weighted by Gasteiger charge is 2.16. The maximum atomic E-state index is 12.5. The van der Waals surface area contributed by atoms with Crippen LogP contribution in [-0.2, 0) is 0 Å². The molecule has 0 saturated carbocycles. The largest absolute Gasteiger partial charge is 0.493 e. The first-order chi connectivity index (χ1) is 14.1. The number of hydrogen-bond donors (Lipinski definition) is 1. The second-order valence-corrected chi connectivity index (χ2v) is 7.42. The third kappa shape index (κ3) is 5.00. The van der Waals surface area contributed by atoms with Crippen molar-refractivity contribution in [3.63, 3.8) is 0 Å². The van der Waals surface area contributed by atoms with Crippen LogP contribution in [-0.4, -0.2) is 30.8 Å². The van der Waals surface area contributed by atoms with Gasteiger partial charge in [-0.05, 0) is 25.5 Å². The summed E-state index contributed by atoms with van der Waals surface area (Å²) in [6.45, 7) is 4.47. The van der Waals surface area contributed by atoms with Crippen LogP contribution < -0.4 is 14.9 Å². The summed E-state index contributed by atoms with van der Waals surface area (Å²) in [4.78, 5) is 17.9. The number of carbonyl (C=O) groups excluding carboxylic acids is 1. The lowest BCUT2D eigenvalue weighted by Crippen LogP contribution is -2.19. The molecule has 3 aromatic rings. The summed E-state index contributed by atoms with van der Waals surface area (Å²) in [6.07, 6.45) is 2.42. The molecule has 0 fully saturated rings. The van der Waals surface area contributed by atoms with E-state index in [0.29, 0.717) is 23.8 Å². The lowest BCUT2D eigenvalue weighted by atomic mass is 10.2. The van der Waals surface area contributed by atoms with E-state index in [-0.39, 0.29) is 5.91 Å². The van der Waals surface area contributed by atoms with Crippen molar-refractivity contribution >= 4 is 23.5 Å². The monoisotopic (exact) mass is 409 g/mol. The van der Waals surface area contributed by atoms with Crippen molar-refractivity contribution in [1.29, 1.82) is 0 Å². The number of methoxy groups -OCH3 is 1. The number of thiazole rings is 1. The van der Waals surface area contributed by atoms with Crippen molar-refractivity contribution in [2.75, 3.05) is 13.7 Å². The lowest BCUT2D eigenvalue weighted by Gasteiger charge is -2.12. The molecule has 7 heteroatoms. The molecule has 0 aliphatic carbocycles. The van der Waals surface area contributed by atoms with Gasteiger partial charge in [-0.15, -0.1) is 11.3 Å². The zero-order valence-electron chi connectivity index (χ0n) is 16.6. The number of rotatable bonds is 8. The maximum Gasteiger partial charge on any atom is 0.291 e. The summed E-state index contributed by atoms with van der Waals surface area (Å²) >= 11 is 1.48. The molecule has 1 aromatic heterocycles. The first-order valence-electron chi connectivity index (χ1n) is 9.30.